The molecule has 0 radical (unpaired) electrons. The van der Waals surface area contributed by atoms with Gasteiger partial charge in [-0.15, -0.1) is 0 Å². The summed E-state index contributed by atoms with van der Waals surface area (Å²) in [4.78, 5) is 13.9. The van der Waals surface area contributed by atoms with Gasteiger partial charge in [0.1, 0.15) is 0 Å². The number of methoxy groups -OCH3 is 3. The lowest BCUT2D eigenvalue weighted by Gasteiger charge is -2.48. The van der Waals surface area contributed by atoms with Crippen molar-refractivity contribution in [2.24, 2.45) is 11.8 Å². The molecule has 1 saturated heterocycles. The fourth-order valence-corrected chi connectivity index (χ4v) is 12.5. The first-order valence-corrected chi connectivity index (χ1v) is 17.8. The third kappa shape index (κ3) is 4.95. The molecule has 4 aromatic rings. The molecule has 0 amide bonds. The third-order valence-corrected chi connectivity index (χ3v) is 14.9. The molecule has 0 aromatic heterocycles. The van der Waals surface area contributed by atoms with E-state index < -0.39 is 26.3 Å². The minimum atomic E-state index is -3.05. The zero-order valence-corrected chi connectivity index (χ0v) is 28.6. The van der Waals surface area contributed by atoms with Crippen molar-refractivity contribution in [1.82, 2.24) is 0 Å². The van der Waals surface area contributed by atoms with E-state index in [-0.39, 0.29) is 30.3 Å². The highest BCUT2D eigenvalue weighted by atomic mass is 28.4. The summed E-state index contributed by atoms with van der Waals surface area (Å²) in [5.74, 6) is 1.34. The maximum atomic E-state index is 13.9. The smallest absolute Gasteiger partial charge is 0.310 e. The van der Waals surface area contributed by atoms with Gasteiger partial charge in [0.05, 0.1) is 40.0 Å². The van der Waals surface area contributed by atoms with E-state index in [0.29, 0.717) is 28.7 Å². The van der Waals surface area contributed by atoms with E-state index in [4.69, 9.17) is 32.8 Å². The van der Waals surface area contributed by atoms with E-state index in [2.05, 4.69) is 69.3 Å². The molecule has 244 valence electrons. The quantitative estimate of drug-likeness (QED) is 0.170. The van der Waals surface area contributed by atoms with Crippen LogP contribution < -0.4 is 34.1 Å². The number of fused-ring (bicyclic) bond motifs is 3. The summed E-state index contributed by atoms with van der Waals surface area (Å²) in [6, 6.07) is 29.0. The van der Waals surface area contributed by atoms with Crippen LogP contribution in [0.4, 0.5) is 0 Å². The fraction of sp³-hybridized carbons (Fsp3) is 0.342. The number of hydrogen-bond donors (Lipinski definition) is 0. The molecule has 8 nitrogen and oxygen atoms in total. The summed E-state index contributed by atoms with van der Waals surface area (Å²) < 4.78 is 42.7. The number of benzene rings is 4. The molecule has 0 spiro atoms. The standard InChI is InChI=1S/C38H40O8Si/c1-38(2,3)47(24-13-9-7-10-14-24,25-15-11-8-12-16-25)46-35-27-20-30-29(44-22-45-30)19-26(27)33(34-28(35)21-43-37(34)39)23-17-31(40-4)36(42-6)32(18-23)41-5/h7-20,28,33-35H,21-22H2,1-6H3/t28-,33+,34-,35-/m0/s1. The van der Waals surface area contributed by atoms with Gasteiger partial charge in [-0.05, 0) is 56.4 Å². The number of hydrogen-bond acceptors (Lipinski definition) is 8. The first kappa shape index (κ1) is 31.1. The Bertz CT molecular complexity index is 1720. The Hall–Kier alpha value is -4.47. The van der Waals surface area contributed by atoms with Gasteiger partial charge < -0.3 is 32.8 Å². The lowest BCUT2D eigenvalue weighted by molar-refractivity contribution is -0.141. The lowest BCUT2D eigenvalue weighted by Crippen LogP contribution is -2.67. The largest absolute Gasteiger partial charge is 0.493 e. The van der Waals surface area contributed by atoms with E-state index in [1.807, 2.05) is 36.4 Å². The normalized spacial score (nSPS) is 21.4. The van der Waals surface area contributed by atoms with E-state index in [1.54, 1.807) is 21.3 Å². The van der Waals surface area contributed by atoms with Gasteiger partial charge in [0.2, 0.25) is 12.5 Å². The maximum absolute atomic E-state index is 13.9. The predicted octanol–water partition coefficient (Wildman–Crippen LogP) is 5.99. The highest BCUT2D eigenvalue weighted by Crippen LogP contribution is 2.58. The van der Waals surface area contributed by atoms with E-state index in [9.17, 15) is 4.79 Å². The molecule has 1 fully saturated rings. The van der Waals surface area contributed by atoms with Crippen LogP contribution in [0.25, 0.3) is 0 Å². The summed E-state index contributed by atoms with van der Waals surface area (Å²) in [6.45, 7) is 7.14. The monoisotopic (exact) mass is 652 g/mol. The Balaban J connectivity index is 1.48. The molecule has 2 aliphatic heterocycles. The van der Waals surface area contributed by atoms with Gasteiger partial charge >= 0.3 is 5.97 Å². The van der Waals surface area contributed by atoms with Crippen LogP contribution in [-0.2, 0) is 14.0 Å². The van der Waals surface area contributed by atoms with E-state index in [1.165, 1.54) is 0 Å². The molecule has 0 unspecified atom stereocenters. The zero-order valence-electron chi connectivity index (χ0n) is 27.6. The molecule has 4 atom stereocenters. The molecule has 3 aliphatic rings. The molecule has 2 heterocycles. The van der Waals surface area contributed by atoms with Crippen molar-refractivity contribution in [2.75, 3.05) is 34.7 Å². The number of cyclic esters (lactones) is 1. The first-order valence-electron chi connectivity index (χ1n) is 15.9. The molecular weight excluding hydrogens is 612 g/mol. The van der Waals surface area contributed by atoms with Crippen molar-refractivity contribution in [3.63, 3.8) is 0 Å². The summed E-state index contributed by atoms with van der Waals surface area (Å²) in [5.41, 5.74) is 2.73. The average Bonchev–Trinajstić information content (AvgIpc) is 3.71. The Morgan fingerprint density at radius 3 is 1.79 bits per heavy atom. The van der Waals surface area contributed by atoms with Crippen LogP contribution in [0.1, 0.15) is 49.5 Å². The summed E-state index contributed by atoms with van der Waals surface area (Å²) in [5, 5.41) is 2.04. The van der Waals surface area contributed by atoms with Crippen molar-refractivity contribution in [3.8, 4) is 28.7 Å². The Labute approximate surface area is 276 Å². The van der Waals surface area contributed by atoms with Gasteiger partial charge in [-0.25, -0.2) is 0 Å². The second-order valence-electron chi connectivity index (χ2n) is 13.3. The summed E-state index contributed by atoms with van der Waals surface area (Å²) in [6.07, 6.45) is -0.472. The minimum absolute atomic E-state index is 0.127. The molecule has 47 heavy (non-hydrogen) atoms. The maximum Gasteiger partial charge on any atom is 0.310 e. The van der Waals surface area contributed by atoms with E-state index >= 15 is 0 Å². The Morgan fingerprint density at radius 2 is 1.28 bits per heavy atom. The molecule has 9 heteroatoms. The van der Waals surface area contributed by atoms with Crippen LogP contribution >= 0.6 is 0 Å². The Morgan fingerprint density at radius 1 is 0.723 bits per heavy atom. The average molecular weight is 653 g/mol. The topological polar surface area (TPSA) is 81.7 Å². The SMILES string of the molecule is COc1cc([C@@H]2c3cc4c(cc3[C@H](O[Si](c3ccccc3)(c3ccccc3)C(C)(C)C)[C@H]3COC(=O)[C@H]23)OCO4)cc(OC)c1OC. The fourth-order valence-electron chi connectivity index (χ4n) is 7.83. The van der Waals surface area contributed by atoms with Crippen LogP contribution in [-0.4, -0.2) is 49.0 Å². The highest BCUT2D eigenvalue weighted by Gasteiger charge is 2.58. The first-order chi connectivity index (χ1) is 22.7. The lowest BCUT2D eigenvalue weighted by atomic mass is 9.66. The summed E-state index contributed by atoms with van der Waals surface area (Å²) >= 11 is 0. The van der Waals surface area contributed by atoms with Gasteiger partial charge in [0, 0.05) is 11.8 Å². The van der Waals surface area contributed by atoms with Crippen molar-refractivity contribution in [1.29, 1.82) is 0 Å². The molecule has 4 aromatic carbocycles. The number of esters is 1. The molecule has 0 N–H and O–H groups in total. The number of ether oxygens (including phenoxy) is 6. The van der Waals surface area contributed by atoms with Crippen LogP contribution in [0.2, 0.25) is 5.04 Å². The van der Waals surface area contributed by atoms with Crippen molar-refractivity contribution < 1.29 is 37.6 Å². The van der Waals surface area contributed by atoms with Crippen LogP contribution in [0.5, 0.6) is 28.7 Å². The zero-order chi connectivity index (χ0) is 32.9. The second kappa shape index (κ2) is 12.0. The molecule has 1 aliphatic carbocycles. The van der Waals surface area contributed by atoms with Crippen molar-refractivity contribution in [2.45, 2.75) is 37.8 Å². The Kier molecular flexibility index (Phi) is 7.92. The molecule has 0 bridgehead atoms. The van der Waals surface area contributed by atoms with Gasteiger partial charge in [-0.3, -0.25) is 4.79 Å². The third-order valence-electron chi connectivity index (χ3n) is 9.89. The highest BCUT2D eigenvalue weighted by molar-refractivity contribution is 6.99. The number of carbonyl (C=O) groups excluding carboxylic acids is 1. The summed E-state index contributed by atoms with van der Waals surface area (Å²) in [7, 11) is 1.71. The van der Waals surface area contributed by atoms with Gasteiger partial charge in [0.25, 0.3) is 8.32 Å². The van der Waals surface area contributed by atoms with Crippen molar-refractivity contribution >= 4 is 24.7 Å². The molecular formula is C38H40O8Si. The van der Waals surface area contributed by atoms with Crippen LogP contribution in [0.3, 0.4) is 0 Å². The van der Waals surface area contributed by atoms with Gasteiger partial charge in [0.15, 0.2) is 23.0 Å². The minimum Gasteiger partial charge on any atom is -0.493 e. The molecule has 7 rings (SSSR count). The van der Waals surface area contributed by atoms with Crippen molar-refractivity contribution in [3.05, 3.63) is 102 Å². The van der Waals surface area contributed by atoms with Crippen LogP contribution in [0.15, 0.2) is 84.9 Å². The number of carbonyl (C=O) groups is 1. The molecule has 0 saturated carbocycles. The van der Waals surface area contributed by atoms with E-state index in [0.717, 1.165) is 27.1 Å². The van der Waals surface area contributed by atoms with Gasteiger partial charge in [-0.1, -0.05) is 81.4 Å². The second-order valence-corrected chi connectivity index (χ2v) is 17.5. The predicted molar refractivity (Wildman–Crippen MR) is 180 cm³/mol. The van der Waals surface area contributed by atoms with Crippen LogP contribution in [0, 0.1) is 11.8 Å². The van der Waals surface area contributed by atoms with Gasteiger partial charge in [-0.2, -0.15) is 0 Å². The number of rotatable bonds is 8.